The Kier molecular flexibility index (Phi) is 4.95. The summed E-state index contributed by atoms with van der Waals surface area (Å²) in [7, 11) is 2.24. The molecule has 2 heterocycles. The number of thiazole rings is 1. The number of piperidine rings is 1. The molecule has 3 nitrogen and oxygen atoms in total. The summed E-state index contributed by atoms with van der Waals surface area (Å²) >= 11 is 1.77. The molecule has 1 unspecified atom stereocenters. The molecule has 0 amide bonds. The van der Waals surface area contributed by atoms with E-state index in [1.807, 2.05) is 0 Å². The van der Waals surface area contributed by atoms with Crippen LogP contribution in [0.25, 0.3) is 0 Å². The van der Waals surface area contributed by atoms with Gasteiger partial charge in [-0.25, -0.2) is 4.98 Å². The number of aromatic nitrogens is 1. The number of likely N-dealkylation sites (N-methyl/N-ethyl adjacent to an activating group) is 1. The number of rotatable bonds is 5. The van der Waals surface area contributed by atoms with Gasteiger partial charge in [-0.3, -0.25) is 0 Å². The second-order valence-electron chi connectivity index (χ2n) is 4.85. The van der Waals surface area contributed by atoms with Gasteiger partial charge < -0.3 is 10.2 Å². The number of hydrogen-bond acceptors (Lipinski definition) is 4. The number of nitrogens with one attached hydrogen (secondary N) is 1. The normalized spacial score (nSPS) is 21.9. The van der Waals surface area contributed by atoms with Crippen LogP contribution in [0.3, 0.4) is 0 Å². The molecule has 4 heteroatoms. The smallest absolute Gasteiger partial charge is 0.0926 e. The maximum absolute atomic E-state index is 4.57. The van der Waals surface area contributed by atoms with Crippen molar-refractivity contribution in [2.75, 3.05) is 20.1 Å². The van der Waals surface area contributed by atoms with Crippen molar-refractivity contribution >= 4 is 11.3 Å². The number of hydrogen-bond donors (Lipinski definition) is 1. The van der Waals surface area contributed by atoms with Gasteiger partial charge in [0, 0.05) is 24.5 Å². The van der Waals surface area contributed by atoms with Crippen LogP contribution < -0.4 is 5.32 Å². The van der Waals surface area contributed by atoms with Gasteiger partial charge in [0.2, 0.25) is 0 Å². The summed E-state index contributed by atoms with van der Waals surface area (Å²) in [6.45, 7) is 5.42. The van der Waals surface area contributed by atoms with Crippen molar-refractivity contribution in [3.8, 4) is 0 Å². The summed E-state index contributed by atoms with van der Waals surface area (Å²) in [5, 5.41) is 6.97. The second-order valence-corrected chi connectivity index (χ2v) is 5.79. The molecule has 0 aliphatic carbocycles. The highest BCUT2D eigenvalue weighted by atomic mass is 32.1. The van der Waals surface area contributed by atoms with Crippen molar-refractivity contribution in [3.05, 3.63) is 16.1 Å². The average molecular weight is 253 g/mol. The van der Waals surface area contributed by atoms with E-state index in [9.17, 15) is 0 Å². The molecule has 96 valence electrons. The van der Waals surface area contributed by atoms with Crippen LogP contribution in [0.1, 0.15) is 36.9 Å². The zero-order chi connectivity index (χ0) is 12.1. The van der Waals surface area contributed by atoms with Gasteiger partial charge in [0.25, 0.3) is 0 Å². The Labute approximate surface area is 108 Å². The lowest BCUT2D eigenvalue weighted by Crippen LogP contribution is -2.42. The molecule has 1 saturated heterocycles. The van der Waals surface area contributed by atoms with Crippen LogP contribution in [0.2, 0.25) is 0 Å². The number of likely N-dealkylation sites (tertiary alicyclic amines) is 1. The van der Waals surface area contributed by atoms with Gasteiger partial charge in [0.1, 0.15) is 0 Å². The third kappa shape index (κ3) is 3.76. The van der Waals surface area contributed by atoms with Crippen LogP contribution in [-0.4, -0.2) is 36.1 Å². The molecule has 2 rings (SSSR count). The highest BCUT2D eigenvalue weighted by Gasteiger charge is 2.17. The first kappa shape index (κ1) is 13.0. The van der Waals surface area contributed by atoms with E-state index in [1.165, 1.54) is 36.5 Å². The average Bonchev–Trinajstić information content (AvgIpc) is 2.80. The summed E-state index contributed by atoms with van der Waals surface area (Å²) < 4.78 is 0. The Hall–Kier alpha value is -0.450. The van der Waals surface area contributed by atoms with Crippen LogP contribution in [-0.2, 0) is 13.0 Å². The molecule has 1 fully saturated rings. The third-order valence-corrected chi connectivity index (χ3v) is 4.55. The van der Waals surface area contributed by atoms with Gasteiger partial charge in [0.15, 0.2) is 0 Å². The van der Waals surface area contributed by atoms with E-state index >= 15 is 0 Å². The van der Waals surface area contributed by atoms with Crippen LogP contribution in [0, 0.1) is 0 Å². The molecule has 1 aliphatic rings. The maximum Gasteiger partial charge on any atom is 0.0926 e. The Morgan fingerprint density at radius 1 is 1.53 bits per heavy atom. The summed E-state index contributed by atoms with van der Waals surface area (Å²) in [5.74, 6) is 0. The van der Waals surface area contributed by atoms with Crippen molar-refractivity contribution in [3.63, 3.8) is 0 Å². The molecule has 0 bridgehead atoms. The maximum atomic E-state index is 4.57. The van der Waals surface area contributed by atoms with Crippen molar-refractivity contribution in [2.45, 2.75) is 45.2 Å². The molecule has 1 aromatic heterocycles. The van der Waals surface area contributed by atoms with E-state index in [4.69, 9.17) is 0 Å². The zero-order valence-electron chi connectivity index (χ0n) is 10.9. The Morgan fingerprint density at radius 2 is 2.41 bits per heavy atom. The predicted molar refractivity (Wildman–Crippen MR) is 73.5 cm³/mol. The Bertz CT molecular complexity index is 337. The van der Waals surface area contributed by atoms with Crippen molar-refractivity contribution in [2.24, 2.45) is 0 Å². The van der Waals surface area contributed by atoms with E-state index < -0.39 is 0 Å². The molecule has 1 atom stereocenters. The summed E-state index contributed by atoms with van der Waals surface area (Å²) in [6.07, 6.45) is 5.13. The van der Waals surface area contributed by atoms with E-state index in [0.29, 0.717) is 6.04 Å². The van der Waals surface area contributed by atoms with Gasteiger partial charge >= 0.3 is 0 Å². The highest BCUT2D eigenvalue weighted by Crippen LogP contribution is 2.14. The SMILES string of the molecule is CCc1nc(CNCC2CCCCN2C)cs1. The summed E-state index contributed by atoms with van der Waals surface area (Å²) in [5.41, 5.74) is 1.20. The molecule has 17 heavy (non-hydrogen) atoms. The lowest BCUT2D eigenvalue weighted by molar-refractivity contribution is 0.181. The van der Waals surface area contributed by atoms with Crippen molar-refractivity contribution < 1.29 is 0 Å². The van der Waals surface area contributed by atoms with Crippen LogP contribution >= 0.6 is 11.3 Å². The monoisotopic (exact) mass is 253 g/mol. The van der Waals surface area contributed by atoms with Crippen LogP contribution in [0.4, 0.5) is 0 Å². The van der Waals surface area contributed by atoms with E-state index in [1.54, 1.807) is 11.3 Å². The van der Waals surface area contributed by atoms with E-state index in [-0.39, 0.29) is 0 Å². The van der Waals surface area contributed by atoms with E-state index in [2.05, 4.69) is 34.6 Å². The Morgan fingerprint density at radius 3 is 3.12 bits per heavy atom. The standard InChI is InChI=1S/C13H23N3S/c1-3-13-15-11(10-17-13)8-14-9-12-6-4-5-7-16(12)2/h10,12,14H,3-9H2,1-2H3. The summed E-state index contributed by atoms with van der Waals surface area (Å²) in [6, 6.07) is 0.716. The molecule has 0 radical (unpaired) electrons. The van der Waals surface area contributed by atoms with Crippen LogP contribution in [0.5, 0.6) is 0 Å². The van der Waals surface area contributed by atoms with Gasteiger partial charge in [-0.15, -0.1) is 11.3 Å². The molecular formula is C13H23N3S. The van der Waals surface area contributed by atoms with Crippen LogP contribution in [0.15, 0.2) is 5.38 Å². The van der Waals surface area contributed by atoms with Crippen molar-refractivity contribution in [1.82, 2.24) is 15.2 Å². The highest BCUT2D eigenvalue weighted by molar-refractivity contribution is 7.09. The van der Waals surface area contributed by atoms with E-state index in [0.717, 1.165) is 19.5 Å². The minimum atomic E-state index is 0.716. The Balaban J connectivity index is 1.71. The fraction of sp³-hybridized carbons (Fsp3) is 0.769. The first-order chi connectivity index (χ1) is 8.29. The summed E-state index contributed by atoms with van der Waals surface area (Å²) in [4.78, 5) is 7.05. The molecule has 1 aromatic rings. The topological polar surface area (TPSA) is 28.2 Å². The zero-order valence-corrected chi connectivity index (χ0v) is 11.7. The van der Waals surface area contributed by atoms with Gasteiger partial charge in [-0.2, -0.15) is 0 Å². The predicted octanol–water partition coefficient (Wildman–Crippen LogP) is 2.28. The number of nitrogens with zero attached hydrogens (tertiary/aromatic N) is 2. The third-order valence-electron chi connectivity index (χ3n) is 3.51. The quantitative estimate of drug-likeness (QED) is 0.872. The first-order valence-corrected chi connectivity index (χ1v) is 7.51. The fourth-order valence-corrected chi connectivity index (χ4v) is 3.11. The fourth-order valence-electron chi connectivity index (χ4n) is 2.36. The molecule has 0 spiro atoms. The lowest BCUT2D eigenvalue weighted by Gasteiger charge is -2.32. The van der Waals surface area contributed by atoms with Crippen molar-refractivity contribution in [1.29, 1.82) is 0 Å². The molecule has 1 aliphatic heterocycles. The second kappa shape index (κ2) is 6.47. The molecular weight excluding hydrogens is 230 g/mol. The minimum Gasteiger partial charge on any atom is -0.310 e. The largest absolute Gasteiger partial charge is 0.310 e. The van der Waals surface area contributed by atoms with Gasteiger partial charge in [-0.1, -0.05) is 13.3 Å². The lowest BCUT2D eigenvalue weighted by atomic mass is 10.0. The molecule has 1 N–H and O–H groups in total. The number of aryl methyl sites for hydroxylation is 1. The van der Waals surface area contributed by atoms with Gasteiger partial charge in [0.05, 0.1) is 10.7 Å². The first-order valence-electron chi connectivity index (χ1n) is 6.64. The minimum absolute atomic E-state index is 0.716. The molecule has 0 saturated carbocycles. The van der Waals surface area contributed by atoms with Gasteiger partial charge in [-0.05, 0) is 32.9 Å². The molecule has 0 aromatic carbocycles.